The summed E-state index contributed by atoms with van der Waals surface area (Å²) < 4.78 is 24.4. The Balaban J connectivity index is 1.60. The Morgan fingerprint density at radius 1 is 1.21 bits per heavy atom. The van der Waals surface area contributed by atoms with Gasteiger partial charge in [0.2, 0.25) is 5.91 Å². The standard InChI is InChI=1S/C21H28N2O3S2/c1-14-7-8-15(2)17(11-14)23-18-12-28(25,26)13-19(18)27-21(23)22-20(24)10-9-16-5-3-4-6-16/h7-8,11,16,18-19H,3-6,9-10,12-13H2,1-2H3/t18-,19+/m0/s1. The van der Waals surface area contributed by atoms with Gasteiger partial charge in [-0.05, 0) is 43.4 Å². The van der Waals surface area contributed by atoms with Gasteiger partial charge in [-0.2, -0.15) is 4.99 Å². The fourth-order valence-electron chi connectivity index (χ4n) is 4.61. The predicted molar refractivity (Wildman–Crippen MR) is 116 cm³/mol. The molecule has 7 heteroatoms. The minimum absolute atomic E-state index is 0.0497. The van der Waals surface area contributed by atoms with Crippen LogP contribution in [0.5, 0.6) is 0 Å². The van der Waals surface area contributed by atoms with Gasteiger partial charge in [0.25, 0.3) is 0 Å². The van der Waals surface area contributed by atoms with E-state index in [9.17, 15) is 13.2 Å². The average molecular weight is 421 g/mol. The summed E-state index contributed by atoms with van der Waals surface area (Å²) in [6.07, 6.45) is 6.43. The summed E-state index contributed by atoms with van der Waals surface area (Å²) >= 11 is 1.46. The van der Waals surface area contributed by atoms with Crippen molar-refractivity contribution in [1.82, 2.24) is 0 Å². The molecule has 2 saturated heterocycles. The van der Waals surface area contributed by atoms with Crippen LogP contribution in [-0.2, 0) is 14.6 Å². The Hall–Kier alpha value is -1.34. The Kier molecular flexibility index (Phi) is 5.58. The van der Waals surface area contributed by atoms with Crippen molar-refractivity contribution in [2.75, 3.05) is 16.4 Å². The van der Waals surface area contributed by atoms with Crippen molar-refractivity contribution in [3.63, 3.8) is 0 Å². The number of anilines is 1. The van der Waals surface area contributed by atoms with Gasteiger partial charge >= 0.3 is 0 Å². The highest BCUT2D eigenvalue weighted by atomic mass is 32.2. The molecule has 28 heavy (non-hydrogen) atoms. The second-order valence-electron chi connectivity index (χ2n) is 8.44. The molecule has 0 bridgehead atoms. The van der Waals surface area contributed by atoms with Gasteiger partial charge in [-0.1, -0.05) is 49.6 Å². The molecule has 0 radical (unpaired) electrons. The summed E-state index contributed by atoms with van der Waals surface area (Å²) in [5.74, 6) is 0.888. The van der Waals surface area contributed by atoms with E-state index < -0.39 is 9.84 Å². The Labute approximate surface area is 171 Å². The second-order valence-corrected chi connectivity index (χ2v) is 11.8. The van der Waals surface area contributed by atoms with Crippen LogP contribution in [0.3, 0.4) is 0 Å². The number of carbonyl (C=O) groups is 1. The first-order valence-electron chi connectivity index (χ1n) is 10.2. The van der Waals surface area contributed by atoms with Gasteiger partial charge in [0.05, 0.1) is 17.5 Å². The van der Waals surface area contributed by atoms with E-state index >= 15 is 0 Å². The van der Waals surface area contributed by atoms with Gasteiger partial charge < -0.3 is 4.90 Å². The maximum absolute atomic E-state index is 12.6. The van der Waals surface area contributed by atoms with Gasteiger partial charge in [0.15, 0.2) is 15.0 Å². The zero-order valence-electron chi connectivity index (χ0n) is 16.6. The van der Waals surface area contributed by atoms with E-state index in [0.717, 1.165) is 23.2 Å². The third-order valence-corrected chi connectivity index (χ3v) is 9.36. The number of nitrogens with zero attached hydrogens (tertiary/aromatic N) is 2. The molecule has 4 rings (SSSR count). The minimum Gasteiger partial charge on any atom is -0.315 e. The number of thioether (sulfide) groups is 1. The fraction of sp³-hybridized carbons (Fsp3) is 0.619. The smallest absolute Gasteiger partial charge is 0.248 e. The average Bonchev–Trinajstić information content (AvgIpc) is 3.30. The lowest BCUT2D eigenvalue weighted by Gasteiger charge is -2.26. The van der Waals surface area contributed by atoms with Crippen molar-refractivity contribution >= 4 is 38.4 Å². The molecule has 1 saturated carbocycles. The summed E-state index contributed by atoms with van der Waals surface area (Å²) in [5, 5.41) is 0.626. The number of carbonyl (C=O) groups excluding carboxylic acids is 1. The van der Waals surface area contributed by atoms with Crippen LogP contribution >= 0.6 is 11.8 Å². The van der Waals surface area contributed by atoms with Crippen molar-refractivity contribution < 1.29 is 13.2 Å². The number of sulfone groups is 1. The van der Waals surface area contributed by atoms with Crippen molar-refractivity contribution in [3.05, 3.63) is 29.3 Å². The summed E-state index contributed by atoms with van der Waals surface area (Å²) in [6.45, 7) is 4.05. The number of amidine groups is 1. The van der Waals surface area contributed by atoms with Gasteiger partial charge in [0, 0.05) is 17.4 Å². The third kappa shape index (κ3) is 4.15. The molecule has 1 aromatic rings. The molecule has 2 atom stereocenters. The quantitative estimate of drug-likeness (QED) is 0.740. The number of hydrogen-bond acceptors (Lipinski definition) is 4. The third-order valence-electron chi connectivity index (χ3n) is 6.15. The van der Waals surface area contributed by atoms with E-state index in [1.54, 1.807) is 0 Å². The van der Waals surface area contributed by atoms with Gasteiger partial charge in [0.1, 0.15) is 0 Å². The lowest BCUT2D eigenvalue weighted by atomic mass is 10.0. The Bertz CT molecular complexity index is 904. The maximum Gasteiger partial charge on any atom is 0.248 e. The zero-order chi connectivity index (χ0) is 19.9. The van der Waals surface area contributed by atoms with E-state index in [-0.39, 0.29) is 28.7 Å². The predicted octanol–water partition coefficient (Wildman–Crippen LogP) is 3.88. The molecular weight excluding hydrogens is 392 g/mol. The lowest BCUT2D eigenvalue weighted by molar-refractivity contribution is -0.118. The van der Waals surface area contributed by atoms with Crippen molar-refractivity contribution in [2.24, 2.45) is 10.9 Å². The molecular formula is C21H28N2O3S2. The van der Waals surface area contributed by atoms with E-state index in [1.807, 2.05) is 24.8 Å². The van der Waals surface area contributed by atoms with E-state index in [1.165, 1.54) is 37.4 Å². The number of hydrogen-bond donors (Lipinski definition) is 0. The molecule has 2 aliphatic heterocycles. The van der Waals surface area contributed by atoms with Gasteiger partial charge in [-0.15, -0.1) is 0 Å². The van der Waals surface area contributed by atoms with Gasteiger partial charge in [-0.3, -0.25) is 4.79 Å². The summed E-state index contributed by atoms with van der Waals surface area (Å²) in [7, 11) is -3.05. The molecule has 5 nitrogen and oxygen atoms in total. The van der Waals surface area contributed by atoms with Crippen molar-refractivity contribution in [3.8, 4) is 0 Å². The van der Waals surface area contributed by atoms with E-state index in [2.05, 4.69) is 17.1 Å². The number of rotatable bonds is 4. The highest BCUT2D eigenvalue weighted by Crippen LogP contribution is 2.42. The van der Waals surface area contributed by atoms with Crippen molar-refractivity contribution in [1.29, 1.82) is 0 Å². The number of aliphatic imine (C=N–C) groups is 1. The minimum atomic E-state index is -3.05. The van der Waals surface area contributed by atoms with Crippen molar-refractivity contribution in [2.45, 2.75) is 63.7 Å². The van der Waals surface area contributed by atoms with Crippen LogP contribution in [0.1, 0.15) is 49.7 Å². The molecule has 1 aliphatic carbocycles. The molecule has 0 N–H and O–H groups in total. The normalized spacial score (nSPS) is 28.2. The zero-order valence-corrected chi connectivity index (χ0v) is 18.2. The lowest BCUT2D eigenvalue weighted by Crippen LogP contribution is -2.38. The van der Waals surface area contributed by atoms with Crippen LogP contribution in [0.2, 0.25) is 0 Å². The Morgan fingerprint density at radius 2 is 1.96 bits per heavy atom. The molecule has 1 aromatic carbocycles. The monoisotopic (exact) mass is 420 g/mol. The maximum atomic E-state index is 12.6. The molecule has 1 amide bonds. The van der Waals surface area contributed by atoms with Crippen LogP contribution in [0.15, 0.2) is 23.2 Å². The van der Waals surface area contributed by atoms with Gasteiger partial charge in [-0.25, -0.2) is 8.42 Å². The van der Waals surface area contributed by atoms with Crippen LogP contribution in [0.25, 0.3) is 0 Å². The summed E-state index contributed by atoms with van der Waals surface area (Å²) in [5.41, 5.74) is 3.16. The molecule has 152 valence electrons. The topological polar surface area (TPSA) is 66.8 Å². The molecule has 2 heterocycles. The van der Waals surface area contributed by atoms with Crippen LogP contribution in [-0.4, -0.2) is 42.3 Å². The summed E-state index contributed by atoms with van der Waals surface area (Å²) in [6, 6.07) is 6.03. The van der Waals surface area contributed by atoms with Crippen LogP contribution in [0.4, 0.5) is 5.69 Å². The largest absolute Gasteiger partial charge is 0.315 e. The molecule has 0 aromatic heterocycles. The first kappa shape index (κ1) is 20.0. The highest BCUT2D eigenvalue weighted by molar-refractivity contribution is 8.16. The second kappa shape index (κ2) is 7.82. The number of benzene rings is 1. The fourth-order valence-corrected chi connectivity index (χ4v) is 8.54. The van der Waals surface area contributed by atoms with E-state index in [4.69, 9.17) is 0 Å². The van der Waals surface area contributed by atoms with Crippen LogP contribution in [0, 0.1) is 19.8 Å². The number of amides is 1. The highest BCUT2D eigenvalue weighted by Gasteiger charge is 2.49. The molecule has 3 fully saturated rings. The summed E-state index contributed by atoms with van der Waals surface area (Å²) in [4.78, 5) is 19.1. The van der Waals surface area contributed by atoms with E-state index in [0.29, 0.717) is 17.5 Å². The number of aryl methyl sites for hydroxylation is 2. The first-order valence-corrected chi connectivity index (χ1v) is 12.9. The molecule has 0 spiro atoms. The first-order chi connectivity index (χ1) is 13.3. The SMILES string of the molecule is Cc1ccc(C)c(N2C(=NC(=O)CCC3CCCC3)S[C@@H]3CS(=O)(=O)C[C@@H]32)c1. The molecule has 3 aliphatic rings. The Morgan fingerprint density at radius 3 is 2.71 bits per heavy atom. The van der Waals surface area contributed by atoms with Crippen LogP contribution < -0.4 is 4.90 Å². The number of fused-ring (bicyclic) bond motifs is 1. The molecule has 0 unspecified atom stereocenters.